The van der Waals surface area contributed by atoms with E-state index in [9.17, 15) is 9.90 Å². The van der Waals surface area contributed by atoms with Crippen molar-refractivity contribution in [3.8, 4) is 23.0 Å². The van der Waals surface area contributed by atoms with E-state index in [2.05, 4.69) is 15.1 Å². The molecule has 0 spiro atoms. The molecule has 7 heteroatoms. The van der Waals surface area contributed by atoms with E-state index in [0.717, 1.165) is 5.56 Å². The summed E-state index contributed by atoms with van der Waals surface area (Å²) in [6.45, 7) is 3.55. The predicted octanol–water partition coefficient (Wildman–Crippen LogP) is 3.18. The van der Waals surface area contributed by atoms with E-state index in [1.807, 2.05) is 13.0 Å². The second kappa shape index (κ2) is 5.10. The minimum atomic E-state index is -1.01. The van der Waals surface area contributed by atoms with Gasteiger partial charge in [-0.3, -0.25) is 0 Å². The van der Waals surface area contributed by atoms with Crippen molar-refractivity contribution in [1.29, 1.82) is 0 Å². The van der Waals surface area contributed by atoms with Crippen molar-refractivity contribution < 1.29 is 14.4 Å². The Bertz CT molecular complexity index is 809. The second-order valence-corrected chi connectivity index (χ2v) is 5.27. The lowest BCUT2D eigenvalue weighted by Gasteiger charge is -2.08. The van der Waals surface area contributed by atoms with Crippen molar-refractivity contribution in [2.75, 3.05) is 0 Å². The first-order valence-electron chi connectivity index (χ1n) is 6.14. The van der Waals surface area contributed by atoms with Crippen molar-refractivity contribution in [1.82, 2.24) is 15.1 Å². The standard InChI is InChI=1S/C14H11N3O3S/c1-7-3-4-8(2)11(14(18)19)10(7)13-16-12(17-20-13)9-5-21-6-15-9/h3-6H,1-2H3,(H,18,19). The van der Waals surface area contributed by atoms with E-state index in [-0.39, 0.29) is 11.5 Å². The number of hydrogen-bond acceptors (Lipinski definition) is 6. The van der Waals surface area contributed by atoms with Crippen LogP contribution in [-0.4, -0.2) is 26.2 Å². The zero-order chi connectivity index (χ0) is 15.0. The minimum Gasteiger partial charge on any atom is -0.478 e. The van der Waals surface area contributed by atoms with Crippen LogP contribution in [0.15, 0.2) is 27.5 Å². The molecule has 0 saturated carbocycles. The van der Waals surface area contributed by atoms with Crippen LogP contribution < -0.4 is 0 Å². The third-order valence-electron chi connectivity index (χ3n) is 3.14. The lowest BCUT2D eigenvalue weighted by molar-refractivity contribution is 0.0696. The molecule has 0 bridgehead atoms. The van der Waals surface area contributed by atoms with Gasteiger partial charge in [0.1, 0.15) is 5.69 Å². The summed E-state index contributed by atoms with van der Waals surface area (Å²) in [5.74, 6) is -0.472. The van der Waals surface area contributed by atoms with Gasteiger partial charge in [0.15, 0.2) is 0 Å². The van der Waals surface area contributed by atoms with Crippen LogP contribution in [0.25, 0.3) is 23.0 Å². The van der Waals surface area contributed by atoms with Gasteiger partial charge < -0.3 is 9.63 Å². The zero-order valence-corrected chi connectivity index (χ0v) is 12.1. The Hall–Kier alpha value is -2.54. The van der Waals surface area contributed by atoms with Crippen LogP contribution in [0.2, 0.25) is 0 Å². The van der Waals surface area contributed by atoms with Crippen molar-refractivity contribution in [2.24, 2.45) is 0 Å². The van der Waals surface area contributed by atoms with E-state index in [0.29, 0.717) is 22.6 Å². The van der Waals surface area contributed by atoms with Gasteiger partial charge in [-0.2, -0.15) is 4.98 Å². The van der Waals surface area contributed by atoms with Gasteiger partial charge in [0, 0.05) is 5.38 Å². The summed E-state index contributed by atoms with van der Waals surface area (Å²) < 4.78 is 5.24. The van der Waals surface area contributed by atoms with Crippen molar-refractivity contribution in [3.05, 3.63) is 39.7 Å². The van der Waals surface area contributed by atoms with Gasteiger partial charge in [-0.1, -0.05) is 17.3 Å². The molecule has 0 amide bonds. The molecular weight excluding hydrogens is 290 g/mol. The van der Waals surface area contributed by atoms with Gasteiger partial charge in [-0.05, 0) is 25.0 Å². The average Bonchev–Trinajstić information content (AvgIpc) is 3.10. The van der Waals surface area contributed by atoms with Gasteiger partial charge >= 0.3 is 5.97 Å². The topological polar surface area (TPSA) is 89.1 Å². The van der Waals surface area contributed by atoms with Gasteiger partial charge in [0.05, 0.1) is 16.6 Å². The summed E-state index contributed by atoms with van der Waals surface area (Å²) in [6, 6.07) is 3.60. The molecule has 0 saturated heterocycles. The maximum absolute atomic E-state index is 11.5. The van der Waals surface area contributed by atoms with Crippen LogP contribution in [0.5, 0.6) is 0 Å². The molecule has 106 valence electrons. The normalized spacial score (nSPS) is 10.8. The molecule has 0 fully saturated rings. The Morgan fingerprint density at radius 3 is 2.71 bits per heavy atom. The summed E-state index contributed by atoms with van der Waals surface area (Å²) in [4.78, 5) is 19.9. The number of carboxylic acid groups (broad SMARTS) is 1. The molecule has 2 aromatic heterocycles. The number of carbonyl (C=O) groups is 1. The predicted molar refractivity (Wildman–Crippen MR) is 77.3 cm³/mol. The molecule has 0 aliphatic rings. The van der Waals surface area contributed by atoms with Crippen LogP contribution in [0.3, 0.4) is 0 Å². The summed E-state index contributed by atoms with van der Waals surface area (Å²) in [5.41, 5.74) is 4.34. The highest BCUT2D eigenvalue weighted by molar-refractivity contribution is 7.07. The van der Waals surface area contributed by atoms with Crippen LogP contribution in [-0.2, 0) is 0 Å². The van der Waals surface area contributed by atoms with Crippen LogP contribution >= 0.6 is 11.3 Å². The first-order chi connectivity index (χ1) is 10.1. The van der Waals surface area contributed by atoms with Gasteiger partial charge in [-0.25, -0.2) is 9.78 Å². The molecule has 1 N–H and O–H groups in total. The van der Waals surface area contributed by atoms with Crippen LogP contribution in [0.4, 0.5) is 0 Å². The highest BCUT2D eigenvalue weighted by Crippen LogP contribution is 2.30. The maximum Gasteiger partial charge on any atom is 0.336 e. The Morgan fingerprint density at radius 2 is 2.05 bits per heavy atom. The molecule has 0 atom stereocenters. The molecule has 1 aromatic carbocycles. The Labute approximate surface area is 124 Å². The van der Waals surface area contributed by atoms with E-state index in [4.69, 9.17) is 4.52 Å². The number of aromatic carboxylic acids is 1. The van der Waals surface area contributed by atoms with Crippen LogP contribution in [0.1, 0.15) is 21.5 Å². The van der Waals surface area contributed by atoms with E-state index in [1.165, 1.54) is 11.3 Å². The van der Waals surface area contributed by atoms with E-state index >= 15 is 0 Å². The molecule has 0 radical (unpaired) electrons. The smallest absolute Gasteiger partial charge is 0.336 e. The fourth-order valence-corrected chi connectivity index (χ4v) is 2.64. The summed E-state index contributed by atoms with van der Waals surface area (Å²) in [6.07, 6.45) is 0. The van der Waals surface area contributed by atoms with E-state index in [1.54, 1.807) is 23.9 Å². The number of nitrogens with zero attached hydrogens (tertiary/aromatic N) is 3. The number of benzene rings is 1. The van der Waals surface area contributed by atoms with Crippen LogP contribution in [0, 0.1) is 13.8 Å². The highest BCUT2D eigenvalue weighted by Gasteiger charge is 2.22. The van der Waals surface area contributed by atoms with Crippen molar-refractivity contribution in [2.45, 2.75) is 13.8 Å². The first-order valence-corrected chi connectivity index (χ1v) is 7.08. The van der Waals surface area contributed by atoms with Gasteiger partial charge in [0.2, 0.25) is 5.82 Å². The molecule has 21 heavy (non-hydrogen) atoms. The number of hydrogen-bond donors (Lipinski definition) is 1. The number of carboxylic acids is 1. The molecule has 0 aliphatic heterocycles. The molecule has 6 nitrogen and oxygen atoms in total. The molecule has 2 heterocycles. The quantitative estimate of drug-likeness (QED) is 0.799. The summed E-state index contributed by atoms with van der Waals surface area (Å²) >= 11 is 1.43. The third kappa shape index (κ3) is 2.31. The van der Waals surface area contributed by atoms with Gasteiger partial charge in [-0.15, -0.1) is 11.3 Å². The third-order valence-corrected chi connectivity index (χ3v) is 3.72. The molecule has 0 aliphatic carbocycles. The zero-order valence-electron chi connectivity index (χ0n) is 11.3. The highest BCUT2D eigenvalue weighted by atomic mass is 32.1. The van der Waals surface area contributed by atoms with Crippen molar-refractivity contribution >= 4 is 17.3 Å². The molecular formula is C14H11N3O3S. The Morgan fingerprint density at radius 1 is 1.29 bits per heavy atom. The average molecular weight is 301 g/mol. The number of aryl methyl sites for hydroxylation is 2. The largest absolute Gasteiger partial charge is 0.478 e. The number of rotatable bonds is 3. The Balaban J connectivity index is 2.17. The number of aromatic nitrogens is 3. The van der Waals surface area contributed by atoms with Crippen molar-refractivity contribution in [3.63, 3.8) is 0 Å². The molecule has 0 unspecified atom stereocenters. The fraction of sp³-hybridized carbons (Fsp3) is 0.143. The lowest BCUT2D eigenvalue weighted by atomic mass is 9.97. The van der Waals surface area contributed by atoms with E-state index < -0.39 is 5.97 Å². The summed E-state index contributed by atoms with van der Waals surface area (Å²) in [5, 5.41) is 15.1. The maximum atomic E-state index is 11.5. The second-order valence-electron chi connectivity index (χ2n) is 4.55. The van der Waals surface area contributed by atoms with Gasteiger partial charge in [0.25, 0.3) is 5.89 Å². The monoisotopic (exact) mass is 301 g/mol. The molecule has 3 aromatic rings. The minimum absolute atomic E-state index is 0.184. The first kappa shape index (κ1) is 13.4. The summed E-state index contributed by atoms with van der Waals surface area (Å²) in [7, 11) is 0. The lowest BCUT2D eigenvalue weighted by Crippen LogP contribution is -2.04. The fourth-order valence-electron chi connectivity index (χ4n) is 2.11. The molecule has 3 rings (SSSR count). The SMILES string of the molecule is Cc1ccc(C)c(-c2nc(-c3cscn3)no2)c1C(=O)O. The number of thiazole rings is 1. The Kier molecular flexibility index (Phi) is 3.26.